The van der Waals surface area contributed by atoms with Crippen LogP contribution in [-0.2, 0) is 4.74 Å². The highest BCUT2D eigenvalue weighted by Gasteiger charge is 2.21. The lowest BCUT2D eigenvalue weighted by Gasteiger charge is -2.30. The monoisotopic (exact) mass is 292 g/mol. The van der Waals surface area contributed by atoms with Gasteiger partial charge in [0.1, 0.15) is 0 Å². The van der Waals surface area contributed by atoms with Crippen LogP contribution in [-0.4, -0.2) is 35.6 Å². The summed E-state index contributed by atoms with van der Waals surface area (Å²) in [6.45, 7) is 10.0. The lowest BCUT2D eigenvalue weighted by Crippen LogP contribution is -2.42. The maximum absolute atomic E-state index is 12.5. The van der Waals surface area contributed by atoms with Gasteiger partial charge in [-0.2, -0.15) is 0 Å². The largest absolute Gasteiger partial charge is 0.450 e. The van der Waals surface area contributed by atoms with Gasteiger partial charge in [-0.15, -0.1) is 0 Å². The topological polar surface area (TPSA) is 58.6 Å². The molecule has 116 valence electrons. The Morgan fingerprint density at radius 3 is 2.05 bits per heavy atom. The van der Waals surface area contributed by atoms with Crippen molar-refractivity contribution in [2.45, 2.75) is 46.7 Å². The highest BCUT2D eigenvalue weighted by Crippen LogP contribution is 2.15. The molecule has 0 bridgehead atoms. The fourth-order valence-electron chi connectivity index (χ4n) is 2.20. The summed E-state index contributed by atoms with van der Waals surface area (Å²) in [5, 5.41) is 2.60. The van der Waals surface area contributed by atoms with Crippen molar-refractivity contribution in [1.82, 2.24) is 4.90 Å². The molecule has 0 spiro atoms. The average Bonchev–Trinajstić information content (AvgIpc) is 2.38. The zero-order valence-corrected chi connectivity index (χ0v) is 13.3. The number of carbonyl (C=O) groups excluding carboxylic acids is 2. The van der Waals surface area contributed by atoms with E-state index in [1.807, 2.05) is 32.6 Å². The Kier molecular flexibility index (Phi) is 6.21. The maximum Gasteiger partial charge on any atom is 0.411 e. The Morgan fingerprint density at radius 1 is 1.10 bits per heavy atom. The highest BCUT2D eigenvalue weighted by molar-refractivity contribution is 5.95. The van der Waals surface area contributed by atoms with Crippen LogP contribution < -0.4 is 5.32 Å². The van der Waals surface area contributed by atoms with Crippen molar-refractivity contribution in [2.75, 3.05) is 11.9 Å². The molecule has 5 nitrogen and oxygen atoms in total. The highest BCUT2D eigenvalue weighted by atomic mass is 16.5. The van der Waals surface area contributed by atoms with Crippen LogP contribution >= 0.6 is 0 Å². The summed E-state index contributed by atoms with van der Waals surface area (Å²) in [5.41, 5.74) is 1.21. The third-order valence-electron chi connectivity index (χ3n) is 3.00. The summed E-state index contributed by atoms with van der Waals surface area (Å²) < 4.78 is 4.80. The van der Waals surface area contributed by atoms with Gasteiger partial charge in [-0.1, -0.05) is 0 Å². The van der Waals surface area contributed by atoms with E-state index in [-0.39, 0.29) is 18.0 Å². The van der Waals surface area contributed by atoms with Crippen LogP contribution in [0.3, 0.4) is 0 Å². The van der Waals surface area contributed by atoms with Gasteiger partial charge in [0.2, 0.25) is 0 Å². The molecule has 0 unspecified atom stereocenters. The van der Waals surface area contributed by atoms with E-state index >= 15 is 0 Å². The third-order valence-corrected chi connectivity index (χ3v) is 3.00. The average molecular weight is 292 g/mol. The number of nitrogens with zero attached hydrogens (tertiary/aromatic N) is 1. The van der Waals surface area contributed by atoms with Crippen molar-refractivity contribution >= 4 is 17.7 Å². The quantitative estimate of drug-likeness (QED) is 0.903. The predicted octanol–water partition coefficient (Wildman–Crippen LogP) is 3.51. The summed E-state index contributed by atoms with van der Waals surface area (Å²) in [5.74, 6) is -0.0114. The van der Waals surface area contributed by atoms with Crippen LogP contribution in [0.15, 0.2) is 24.3 Å². The summed E-state index contributed by atoms with van der Waals surface area (Å²) in [7, 11) is 0. The second-order valence-corrected chi connectivity index (χ2v) is 5.32. The van der Waals surface area contributed by atoms with Gasteiger partial charge in [0, 0.05) is 23.3 Å². The number of hydrogen-bond acceptors (Lipinski definition) is 3. The van der Waals surface area contributed by atoms with Crippen LogP contribution in [0.4, 0.5) is 10.5 Å². The van der Waals surface area contributed by atoms with Crippen LogP contribution in [0.5, 0.6) is 0 Å². The molecule has 5 heteroatoms. The molecule has 1 rings (SSSR count). The molecule has 0 fully saturated rings. The van der Waals surface area contributed by atoms with E-state index in [1.165, 1.54) is 0 Å². The summed E-state index contributed by atoms with van der Waals surface area (Å²) in [4.78, 5) is 25.6. The molecule has 1 aromatic rings. The number of carbonyl (C=O) groups is 2. The number of nitrogens with one attached hydrogen (secondary N) is 1. The van der Waals surface area contributed by atoms with Crippen molar-refractivity contribution in [3.8, 4) is 0 Å². The van der Waals surface area contributed by atoms with Gasteiger partial charge in [0.15, 0.2) is 0 Å². The fraction of sp³-hybridized carbons (Fsp3) is 0.500. The first-order valence-corrected chi connectivity index (χ1v) is 7.23. The van der Waals surface area contributed by atoms with Crippen LogP contribution in [0.1, 0.15) is 45.0 Å². The fourth-order valence-corrected chi connectivity index (χ4v) is 2.20. The third kappa shape index (κ3) is 4.77. The van der Waals surface area contributed by atoms with Crippen molar-refractivity contribution in [3.05, 3.63) is 29.8 Å². The molecule has 0 aromatic heterocycles. The number of amides is 2. The first-order chi connectivity index (χ1) is 9.86. The van der Waals surface area contributed by atoms with Gasteiger partial charge < -0.3 is 9.64 Å². The first kappa shape index (κ1) is 17.0. The smallest absolute Gasteiger partial charge is 0.411 e. The van der Waals surface area contributed by atoms with Crippen molar-refractivity contribution in [2.24, 2.45) is 0 Å². The molecule has 0 aliphatic carbocycles. The predicted molar refractivity (Wildman–Crippen MR) is 83.5 cm³/mol. The molecule has 0 saturated carbocycles. The zero-order valence-electron chi connectivity index (χ0n) is 13.3. The van der Waals surface area contributed by atoms with E-state index < -0.39 is 6.09 Å². The van der Waals surface area contributed by atoms with Gasteiger partial charge in [-0.3, -0.25) is 10.1 Å². The molecule has 2 amide bonds. The molecule has 1 aromatic carbocycles. The minimum Gasteiger partial charge on any atom is -0.450 e. The number of rotatable bonds is 5. The summed E-state index contributed by atoms with van der Waals surface area (Å²) in [6, 6.07) is 7.08. The Balaban J connectivity index is 2.81. The second kappa shape index (κ2) is 7.67. The Labute approximate surface area is 126 Å². The summed E-state index contributed by atoms with van der Waals surface area (Å²) in [6.07, 6.45) is -0.498. The van der Waals surface area contributed by atoms with Crippen LogP contribution in [0.25, 0.3) is 0 Å². The van der Waals surface area contributed by atoms with Gasteiger partial charge >= 0.3 is 6.09 Å². The van der Waals surface area contributed by atoms with Crippen molar-refractivity contribution in [3.63, 3.8) is 0 Å². The Bertz CT molecular complexity index is 473. The SMILES string of the molecule is CCOC(=O)Nc1ccc(C(=O)N(C(C)C)C(C)C)cc1. The normalized spacial score (nSPS) is 10.6. The van der Waals surface area contributed by atoms with Gasteiger partial charge in [0.05, 0.1) is 6.61 Å². The minimum absolute atomic E-state index is 0.0114. The van der Waals surface area contributed by atoms with Crippen LogP contribution in [0.2, 0.25) is 0 Å². The molecule has 0 radical (unpaired) electrons. The lowest BCUT2D eigenvalue weighted by atomic mass is 10.1. The lowest BCUT2D eigenvalue weighted by molar-refractivity contribution is 0.0643. The van der Waals surface area contributed by atoms with Gasteiger partial charge in [-0.25, -0.2) is 4.79 Å². The van der Waals surface area contributed by atoms with Gasteiger partial charge in [0.25, 0.3) is 5.91 Å². The zero-order chi connectivity index (χ0) is 16.0. The second-order valence-electron chi connectivity index (χ2n) is 5.32. The Morgan fingerprint density at radius 2 is 1.62 bits per heavy atom. The van der Waals surface area contributed by atoms with Crippen molar-refractivity contribution in [1.29, 1.82) is 0 Å². The van der Waals surface area contributed by atoms with Crippen molar-refractivity contribution < 1.29 is 14.3 Å². The van der Waals surface area contributed by atoms with E-state index in [0.29, 0.717) is 17.9 Å². The van der Waals surface area contributed by atoms with E-state index in [9.17, 15) is 9.59 Å². The molecule has 0 aliphatic rings. The standard InChI is InChI=1S/C16H24N2O3/c1-6-21-16(20)17-14-9-7-13(8-10-14)15(19)18(11(2)3)12(4)5/h7-12H,6H2,1-5H3,(H,17,20). The molecular formula is C16H24N2O3. The van der Waals surface area contributed by atoms with E-state index in [4.69, 9.17) is 4.74 Å². The number of benzene rings is 1. The van der Waals surface area contributed by atoms with Crippen LogP contribution in [0, 0.1) is 0 Å². The van der Waals surface area contributed by atoms with E-state index in [2.05, 4.69) is 5.32 Å². The summed E-state index contributed by atoms with van der Waals surface area (Å²) >= 11 is 0. The molecule has 0 aliphatic heterocycles. The molecule has 0 saturated heterocycles. The molecule has 21 heavy (non-hydrogen) atoms. The Hall–Kier alpha value is -2.04. The number of ether oxygens (including phenoxy) is 1. The molecule has 0 heterocycles. The molecular weight excluding hydrogens is 268 g/mol. The molecule has 1 N–H and O–H groups in total. The number of anilines is 1. The maximum atomic E-state index is 12.5. The van der Waals surface area contributed by atoms with E-state index in [1.54, 1.807) is 31.2 Å². The number of hydrogen-bond donors (Lipinski definition) is 1. The molecule has 0 atom stereocenters. The first-order valence-electron chi connectivity index (χ1n) is 7.23. The minimum atomic E-state index is -0.498. The van der Waals surface area contributed by atoms with Gasteiger partial charge in [-0.05, 0) is 58.9 Å². The van der Waals surface area contributed by atoms with E-state index in [0.717, 1.165) is 0 Å².